The molecule has 130 valence electrons. The molecule has 0 saturated carbocycles. The van der Waals surface area contributed by atoms with Gasteiger partial charge in [-0.2, -0.15) is 4.98 Å². The lowest BCUT2D eigenvalue weighted by Crippen LogP contribution is -2.36. The monoisotopic (exact) mass is 340 g/mol. The van der Waals surface area contributed by atoms with Gasteiger partial charge in [0.2, 0.25) is 11.9 Å². The van der Waals surface area contributed by atoms with Crippen LogP contribution in [-0.4, -0.2) is 41.4 Å². The predicted molar refractivity (Wildman–Crippen MR) is 94.8 cm³/mol. The molecule has 1 aliphatic heterocycles. The Morgan fingerprint density at radius 2 is 2.04 bits per heavy atom. The summed E-state index contributed by atoms with van der Waals surface area (Å²) in [5.41, 5.74) is 1.03. The summed E-state index contributed by atoms with van der Waals surface area (Å²) in [7, 11) is 1.52. The number of anilines is 3. The van der Waals surface area contributed by atoms with Crippen molar-refractivity contribution < 1.29 is 9.59 Å². The summed E-state index contributed by atoms with van der Waals surface area (Å²) >= 11 is 0. The minimum atomic E-state index is -0.360. The maximum absolute atomic E-state index is 12.4. The van der Waals surface area contributed by atoms with Gasteiger partial charge < -0.3 is 21.3 Å². The lowest BCUT2D eigenvalue weighted by molar-refractivity contribution is -0.117. The van der Waals surface area contributed by atoms with Crippen molar-refractivity contribution in [2.24, 2.45) is 0 Å². The van der Waals surface area contributed by atoms with Gasteiger partial charge in [-0.3, -0.25) is 9.59 Å². The number of hydrogen-bond donors (Lipinski definition) is 4. The Balaban J connectivity index is 1.84. The molecule has 0 aliphatic carbocycles. The molecule has 1 aromatic carbocycles. The third-order valence-corrected chi connectivity index (χ3v) is 3.91. The molecule has 2 heterocycles. The highest BCUT2D eigenvalue weighted by Gasteiger charge is 2.24. The zero-order valence-electron chi connectivity index (χ0n) is 13.9. The van der Waals surface area contributed by atoms with Crippen molar-refractivity contribution in [2.75, 3.05) is 24.2 Å². The topological polar surface area (TPSA) is 108 Å². The van der Waals surface area contributed by atoms with E-state index in [1.54, 1.807) is 0 Å². The number of hydrogen-bond acceptors (Lipinski definition) is 6. The Hall–Kier alpha value is -3.00. The number of para-hydroxylation sites is 1. The van der Waals surface area contributed by atoms with Crippen LogP contribution in [0.3, 0.4) is 0 Å². The number of aromatic nitrogens is 2. The second-order valence-electron chi connectivity index (χ2n) is 5.66. The fourth-order valence-corrected chi connectivity index (χ4v) is 2.60. The van der Waals surface area contributed by atoms with Gasteiger partial charge in [-0.1, -0.05) is 18.2 Å². The third kappa shape index (κ3) is 4.10. The molecule has 0 spiro atoms. The van der Waals surface area contributed by atoms with Crippen molar-refractivity contribution in [3.05, 3.63) is 42.1 Å². The Morgan fingerprint density at radius 3 is 2.72 bits per heavy atom. The highest BCUT2D eigenvalue weighted by molar-refractivity contribution is 6.03. The number of rotatable bonds is 5. The van der Waals surface area contributed by atoms with Gasteiger partial charge in [0.15, 0.2) is 5.82 Å². The van der Waals surface area contributed by atoms with Crippen LogP contribution in [0.1, 0.15) is 23.2 Å². The van der Waals surface area contributed by atoms with E-state index in [1.807, 2.05) is 30.3 Å². The fraction of sp³-hybridized carbons (Fsp3) is 0.294. The van der Waals surface area contributed by atoms with Crippen LogP contribution in [0.4, 0.5) is 17.5 Å². The molecule has 8 nitrogen and oxygen atoms in total. The maximum atomic E-state index is 12.4. The van der Waals surface area contributed by atoms with Gasteiger partial charge in [-0.25, -0.2) is 4.98 Å². The number of carbonyl (C=O) groups excluding carboxylic acids is 2. The largest absolute Gasteiger partial charge is 0.355 e. The molecule has 1 saturated heterocycles. The maximum Gasteiger partial charge on any atom is 0.256 e. The summed E-state index contributed by atoms with van der Waals surface area (Å²) in [4.78, 5) is 32.9. The van der Waals surface area contributed by atoms with Gasteiger partial charge in [-0.15, -0.1) is 0 Å². The molecule has 1 unspecified atom stereocenters. The quantitative estimate of drug-likeness (QED) is 0.653. The average molecular weight is 340 g/mol. The van der Waals surface area contributed by atoms with Crippen molar-refractivity contribution in [3.8, 4) is 0 Å². The van der Waals surface area contributed by atoms with Crippen molar-refractivity contribution in [3.63, 3.8) is 0 Å². The Bertz CT molecular complexity index is 759. The molecule has 1 aromatic heterocycles. The molecule has 2 aromatic rings. The van der Waals surface area contributed by atoms with Gasteiger partial charge in [0, 0.05) is 18.9 Å². The smallest absolute Gasteiger partial charge is 0.256 e. The van der Waals surface area contributed by atoms with E-state index in [1.165, 1.54) is 13.2 Å². The molecule has 2 amide bonds. The Kier molecular flexibility index (Phi) is 5.20. The van der Waals surface area contributed by atoms with Crippen molar-refractivity contribution >= 4 is 29.3 Å². The van der Waals surface area contributed by atoms with Crippen LogP contribution < -0.4 is 21.3 Å². The first-order valence-electron chi connectivity index (χ1n) is 8.13. The molecular formula is C17H20N6O2. The first kappa shape index (κ1) is 16.8. The van der Waals surface area contributed by atoms with E-state index in [9.17, 15) is 9.59 Å². The molecular weight excluding hydrogens is 320 g/mol. The molecule has 1 atom stereocenters. The first-order valence-corrected chi connectivity index (χ1v) is 8.13. The normalized spacial score (nSPS) is 16.3. The summed E-state index contributed by atoms with van der Waals surface area (Å²) in [5.74, 6) is -0.0760. The van der Waals surface area contributed by atoms with Crippen molar-refractivity contribution in [1.82, 2.24) is 20.6 Å². The summed E-state index contributed by atoms with van der Waals surface area (Å²) in [5, 5.41) is 11.4. The average Bonchev–Trinajstić information content (AvgIpc) is 3.17. The van der Waals surface area contributed by atoms with E-state index in [-0.39, 0.29) is 29.2 Å². The molecule has 1 aliphatic rings. The molecule has 1 fully saturated rings. The van der Waals surface area contributed by atoms with E-state index in [0.717, 1.165) is 25.1 Å². The van der Waals surface area contributed by atoms with E-state index in [0.29, 0.717) is 5.95 Å². The summed E-state index contributed by atoms with van der Waals surface area (Å²) in [6.45, 7) is 0.810. The molecule has 4 N–H and O–H groups in total. The molecule has 0 radical (unpaired) electrons. The molecule has 25 heavy (non-hydrogen) atoms. The van der Waals surface area contributed by atoms with Crippen LogP contribution in [0.15, 0.2) is 36.5 Å². The lowest BCUT2D eigenvalue weighted by atomic mass is 10.2. The van der Waals surface area contributed by atoms with Gasteiger partial charge in [0.05, 0.1) is 6.04 Å². The minimum Gasteiger partial charge on any atom is -0.355 e. The van der Waals surface area contributed by atoms with Crippen LogP contribution in [0.25, 0.3) is 0 Å². The number of carbonyl (C=O) groups is 2. The Labute approximate surface area is 145 Å². The van der Waals surface area contributed by atoms with Crippen LogP contribution in [-0.2, 0) is 4.79 Å². The van der Waals surface area contributed by atoms with Crippen LogP contribution in [0.5, 0.6) is 0 Å². The summed E-state index contributed by atoms with van der Waals surface area (Å²) < 4.78 is 0. The molecule has 8 heteroatoms. The van der Waals surface area contributed by atoms with Crippen molar-refractivity contribution in [2.45, 2.75) is 18.9 Å². The van der Waals surface area contributed by atoms with Crippen LogP contribution in [0, 0.1) is 0 Å². The van der Waals surface area contributed by atoms with E-state index < -0.39 is 0 Å². The summed E-state index contributed by atoms with van der Waals surface area (Å²) in [6.07, 6.45) is 3.11. The van der Waals surface area contributed by atoms with Crippen molar-refractivity contribution in [1.29, 1.82) is 0 Å². The second kappa shape index (κ2) is 7.71. The highest BCUT2D eigenvalue weighted by Crippen LogP contribution is 2.18. The van der Waals surface area contributed by atoms with E-state index in [4.69, 9.17) is 0 Å². The first-order chi connectivity index (χ1) is 12.2. The molecule has 3 rings (SSSR count). The summed E-state index contributed by atoms with van der Waals surface area (Å²) in [6, 6.07) is 9.15. The number of nitrogens with zero attached hydrogens (tertiary/aromatic N) is 2. The minimum absolute atomic E-state index is 0.187. The predicted octanol–water partition coefficient (Wildman–Crippen LogP) is 1.27. The number of benzene rings is 1. The highest BCUT2D eigenvalue weighted by atomic mass is 16.2. The van der Waals surface area contributed by atoms with E-state index >= 15 is 0 Å². The van der Waals surface area contributed by atoms with Crippen LogP contribution >= 0.6 is 0 Å². The lowest BCUT2D eigenvalue weighted by Gasteiger charge is -2.14. The van der Waals surface area contributed by atoms with Crippen LogP contribution in [0.2, 0.25) is 0 Å². The standard InChI is InChI=1S/C17H20N6O2/c1-18-15(24)12-10-20-17(21-11-6-3-2-4-7-11)23-14(12)22-16(25)13-8-5-9-19-13/h2-4,6-7,10,13,19H,5,8-9H2,1H3,(H,18,24)(H2,20,21,22,23,25). The van der Waals surface area contributed by atoms with Gasteiger partial charge in [-0.05, 0) is 31.5 Å². The molecule has 0 bridgehead atoms. The second-order valence-corrected chi connectivity index (χ2v) is 5.66. The van der Waals surface area contributed by atoms with Gasteiger partial charge in [0.25, 0.3) is 5.91 Å². The number of amides is 2. The Morgan fingerprint density at radius 1 is 1.24 bits per heavy atom. The van der Waals surface area contributed by atoms with E-state index in [2.05, 4.69) is 31.2 Å². The zero-order valence-corrected chi connectivity index (χ0v) is 13.9. The van der Waals surface area contributed by atoms with Gasteiger partial charge in [0.1, 0.15) is 5.56 Å². The SMILES string of the molecule is CNC(=O)c1cnc(Nc2ccccc2)nc1NC(=O)C1CCCN1. The fourth-order valence-electron chi connectivity index (χ4n) is 2.60. The third-order valence-electron chi connectivity index (χ3n) is 3.91. The number of nitrogens with one attached hydrogen (secondary N) is 4. The zero-order chi connectivity index (χ0) is 17.6. The van der Waals surface area contributed by atoms with Gasteiger partial charge >= 0.3 is 0 Å².